The predicted molar refractivity (Wildman–Crippen MR) is 61.3 cm³/mol. The highest BCUT2D eigenvalue weighted by atomic mass is 16.5. The van der Waals surface area contributed by atoms with E-state index < -0.39 is 0 Å². The average Bonchev–Trinajstić information content (AvgIpc) is 2.27. The average molecular weight is 223 g/mol. The summed E-state index contributed by atoms with van der Waals surface area (Å²) in [5, 5.41) is 7.98. The molecule has 0 N–H and O–H groups in total. The largest absolute Gasteiger partial charge is 0.466 e. The van der Waals surface area contributed by atoms with Crippen molar-refractivity contribution in [1.29, 1.82) is 0 Å². The SMILES string of the molecule is CCOC(=O)CCN(C)c1ccc(C)nn1. The number of carbonyl (C=O) groups excluding carboxylic acids is 1. The molecule has 16 heavy (non-hydrogen) atoms. The van der Waals surface area contributed by atoms with Crippen LogP contribution in [0.15, 0.2) is 12.1 Å². The number of anilines is 1. The fourth-order valence-corrected chi connectivity index (χ4v) is 1.20. The molecule has 0 radical (unpaired) electrons. The molecule has 1 aromatic rings. The molecule has 5 heteroatoms. The summed E-state index contributed by atoms with van der Waals surface area (Å²) in [7, 11) is 1.87. The van der Waals surface area contributed by atoms with E-state index in [9.17, 15) is 4.79 Å². The van der Waals surface area contributed by atoms with Gasteiger partial charge >= 0.3 is 5.97 Å². The van der Waals surface area contributed by atoms with E-state index in [0.717, 1.165) is 11.5 Å². The number of carbonyl (C=O) groups is 1. The molecule has 0 aromatic carbocycles. The highest BCUT2D eigenvalue weighted by Gasteiger charge is 2.06. The number of hydrogen-bond acceptors (Lipinski definition) is 5. The van der Waals surface area contributed by atoms with Crippen LogP contribution in [0.2, 0.25) is 0 Å². The van der Waals surface area contributed by atoms with Crippen LogP contribution in [0.25, 0.3) is 0 Å². The Morgan fingerprint density at radius 3 is 2.75 bits per heavy atom. The van der Waals surface area contributed by atoms with Crippen molar-refractivity contribution < 1.29 is 9.53 Å². The molecule has 0 unspecified atom stereocenters. The minimum atomic E-state index is -0.186. The normalized spacial score (nSPS) is 9.94. The Kier molecular flexibility index (Phi) is 4.69. The van der Waals surface area contributed by atoms with Crippen LogP contribution >= 0.6 is 0 Å². The van der Waals surface area contributed by atoms with Crippen LogP contribution in [-0.2, 0) is 9.53 Å². The van der Waals surface area contributed by atoms with Gasteiger partial charge in [-0.2, -0.15) is 5.10 Å². The van der Waals surface area contributed by atoms with Gasteiger partial charge in [0, 0.05) is 13.6 Å². The molecule has 0 saturated heterocycles. The minimum Gasteiger partial charge on any atom is -0.466 e. The van der Waals surface area contributed by atoms with Crippen molar-refractivity contribution in [2.45, 2.75) is 20.3 Å². The lowest BCUT2D eigenvalue weighted by atomic mass is 10.3. The highest BCUT2D eigenvalue weighted by molar-refractivity contribution is 5.70. The lowest BCUT2D eigenvalue weighted by molar-refractivity contribution is -0.142. The van der Waals surface area contributed by atoms with E-state index in [1.54, 1.807) is 6.92 Å². The minimum absolute atomic E-state index is 0.186. The summed E-state index contributed by atoms with van der Waals surface area (Å²) in [6, 6.07) is 3.77. The Labute approximate surface area is 95.4 Å². The Bertz CT molecular complexity index is 338. The topological polar surface area (TPSA) is 55.3 Å². The van der Waals surface area contributed by atoms with Crippen LogP contribution in [-0.4, -0.2) is 36.4 Å². The first-order valence-electron chi connectivity index (χ1n) is 5.30. The van der Waals surface area contributed by atoms with E-state index in [2.05, 4.69) is 10.2 Å². The molecular formula is C11H17N3O2. The lowest BCUT2D eigenvalue weighted by Gasteiger charge is -2.16. The summed E-state index contributed by atoms with van der Waals surface area (Å²) < 4.78 is 4.85. The molecule has 0 aliphatic carbocycles. The van der Waals surface area contributed by atoms with Crippen LogP contribution in [0.4, 0.5) is 5.82 Å². The Balaban J connectivity index is 2.43. The molecule has 0 atom stereocenters. The third kappa shape index (κ3) is 3.84. The molecule has 1 aromatic heterocycles. The Morgan fingerprint density at radius 2 is 2.19 bits per heavy atom. The molecule has 0 spiro atoms. The molecule has 1 heterocycles. The van der Waals surface area contributed by atoms with Crippen molar-refractivity contribution in [1.82, 2.24) is 10.2 Å². The summed E-state index contributed by atoms with van der Waals surface area (Å²) in [6.45, 7) is 4.69. The number of rotatable bonds is 5. The van der Waals surface area contributed by atoms with E-state index in [4.69, 9.17) is 4.74 Å². The van der Waals surface area contributed by atoms with Crippen molar-refractivity contribution in [3.63, 3.8) is 0 Å². The maximum atomic E-state index is 11.1. The van der Waals surface area contributed by atoms with Crippen LogP contribution in [0.3, 0.4) is 0 Å². The van der Waals surface area contributed by atoms with Crippen LogP contribution in [0, 0.1) is 6.92 Å². The number of hydrogen-bond donors (Lipinski definition) is 0. The molecule has 0 bridgehead atoms. The molecule has 0 saturated carbocycles. The molecule has 0 amide bonds. The van der Waals surface area contributed by atoms with E-state index in [1.807, 2.05) is 31.0 Å². The van der Waals surface area contributed by atoms with Crippen LogP contribution in [0.5, 0.6) is 0 Å². The van der Waals surface area contributed by atoms with Gasteiger partial charge in [0.25, 0.3) is 0 Å². The fraction of sp³-hybridized carbons (Fsp3) is 0.545. The number of nitrogens with zero attached hydrogens (tertiary/aromatic N) is 3. The maximum absolute atomic E-state index is 11.1. The van der Waals surface area contributed by atoms with E-state index >= 15 is 0 Å². The van der Waals surface area contributed by atoms with Gasteiger partial charge in [0.15, 0.2) is 5.82 Å². The van der Waals surface area contributed by atoms with Crippen molar-refractivity contribution in [2.24, 2.45) is 0 Å². The smallest absolute Gasteiger partial charge is 0.307 e. The number of esters is 1. The number of aryl methyl sites for hydroxylation is 1. The molecule has 0 aliphatic rings. The van der Waals surface area contributed by atoms with E-state index in [0.29, 0.717) is 19.6 Å². The van der Waals surface area contributed by atoms with Gasteiger partial charge in [-0.25, -0.2) is 0 Å². The third-order valence-corrected chi connectivity index (χ3v) is 2.13. The van der Waals surface area contributed by atoms with E-state index in [-0.39, 0.29) is 5.97 Å². The standard InChI is InChI=1S/C11H17N3O2/c1-4-16-11(15)7-8-14(3)10-6-5-9(2)12-13-10/h5-6H,4,7-8H2,1-3H3. The molecule has 1 rings (SSSR count). The zero-order chi connectivity index (χ0) is 12.0. The second-order valence-corrected chi connectivity index (χ2v) is 3.51. The first kappa shape index (κ1) is 12.4. The van der Waals surface area contributed by atoms with Gasteiger partial charge in [-0.15, -0.1) is 5.10 Å². The highest BCUT2D eigenvalue weighted by Crippen LogP contribution is 2.07. The van der Waals surface area contributed by atoms with Gasteiger partial charge in [-0.05, 0) is 26.0 Å². The van der Waals surface area contributed by atoms with Gasteiger partial charge in [-0.1, -0.05) is 0 Å². The Morgan fingerprint density at radius 1 is 1.44 bits per heavy atom. The monoisotopic (exact) mass is 223 g/mol. The predicted octanol–water partition coefficient (Wildman–Crippen LogP) is 1.17. The van der Waals surface area contributed by atoms with Gasteiger partial charge in [-0.3, -0.25) is 4.79 Å². The van der Waals surface area contributed by atoms with Gasteiger partial charge in [0.05, 0.1) is 18.7 Å². The van der Waals surface area contributed by atoms with Crippen molar-refractivity contribution in [3.05, 3.63) is 17.8 Å². The van der Waals surface area contributed by atoms with E-state index in [1.165, 1.54) is 0 Å². The lowest BCUT2D eigenvalue weighted by Crippen LogP contribution is -2.23. The maximum Gasteiger partial charge on any atom is 0.307 e. The summed E-state index contributed by atoms with van der Waals surface area (Å²) in [5.41, 5.74) is 0.877. The second kappa shape index (κ2) is 6.05. The molecule has 0 aliphatic heterocycles. The van der Waals surface area contributed by atoms with Crippen molar-refractivity contribution in [3.8, 4) is 0 Å². The zero-order valence-corrected chi connectivity index (χ0v) is 9.93. The van der Waals surface area contributed by atoms with Gasteiger partial charge in [0.2, 0.25) is 0 Å². The molecule has 5 nitrogen and oxygen atoms in total. The Hall–Kier alpha value is -1.65. The fourth-order valence-electron chi connectivity index (χ4n) is 1.20. The summed E-state index contributed by atoms with van der Waals surface area (Å²) in [5.74, 6) is 0.573. The number of ether oxygens (including phenoxy) is 1. The summed E-state index contributed by atoms with van der Waals surface area (Å²) >= 11 is 0. The first-order valence-corrected chi connectivity index (χ1v) is 5.30. The van der Waals surface area contributed by atoms with Crippen molar-refractivity contribution >= 4 is 11.8 Å². The van der Waals surface area contributed by atoms with Crippen LogP contribution < -0.4 is 4.90 Å². The van der Waals surface area contributed by atoms with Crippen molar-refractivity contribution in [2.75, 3.05) is 25.1 Å². The summed E-state index contributed by atoms with van der Waals surface area (Å²) in [4.78, 5) is 13.0. The molecular weight excluding hydrogens is 206 g/mol. The first-order chi connectivity index (χ1) is 7.63. The molecule has 0 fully saturated rings. The van der Waals surface area contributed by atoms with Crippen LogP contribution in [0.1, 0.15) is 19.0 Å². The quantitative estimate of drug-likeness (QED) is 0.701. The van der Waals surface area contributed by atoms with Gasteiger partial charge < -0.3 is 9.64 Å². The zero-order valence-electron chi connectivity index (χ0n) is 9.93. The number of aromatic nitrogens is 2. The third-order valence-electron chi connectivity index (χ3n) is 2.13. The van der Waals surface area contributed by atoms with Gasteiger partial charge in [0.1, 0.15) is 0 Å². The summed E-state index contributed by atoms with van der Waals surface area (Å²) in [6.07, 6.45) is 0.361. The second-order valence-electron chi connectivity index (χ2n) is 3.51. The molecule has 88 valence electrons.